The quantitative estimate of drug-likeness (QED) is 0.730. The minimum atomic E-state index is -0.348. The molecule has 2 aromatic heterocycles. The molecule has 0 bridgehead atoms. The van der Waals surface area contributed by atoms with Gasteiger partial charge in [0, 0.05) is 40.3 Å². The van der Waals surface area contributed by atoms with Crippen LogP contribution in [0.3, 0.4) is 0 Å². The molecule has 0 N–H and O–H groups in total. The summed E-state index contributed by atoms with van der Waals surface area (Å²) in [5.41, 5.74) is 0.296. The van der Waals surface area contributed by atoms with Gasteiger partial charge in [0.2, 0.25) is 0 Å². The summed E-state index contributed by atoms with van der Waals surface area (Å²) >= 11 is 0. The Bertz CT molecular complexity index is 794. The molecule has 120 valence electrons. The molecule has 0 saturated carbocycles. The summed E-state index contributed by atoms with van der Waals surface area (Å²) in [4.78, 5) is 33.3. The molecule has 0 spiro atoms. The standard InChI is InChI=1S/C14H22N6O2/c1-4-18-5-7-19(8-6-18)10-20-9-15-12-11(20)13(21)17(3)14(22)16(12)2/h9H,4-8,10H2,1-3H3. The van der Waals surface area contributed by atoms with E-state index >= 15 is 0 Å². The van der Waals surface area contributed by atoms with E-state index < -0.39 is 0 Å². The van der Waals surface area contributed by atoms with E-state index in [2.05, 4.69) is 21.7 Å². The smallest absolute Gasteiger partial charge is 0.311 e. The van der Waals surface area contributed by atoms with Crippen molar-refractivity contribution < 1.29 is 0 Å². The molecule has 1 saturated heterocycles. The lowest BCUT2D eigenvalue weighted by atomic mass is 10.3. The van der Waals surface area contributed by atoms with Gasteiger partial charge in [-0.1, -0.05) is 6.92 Å². The van der Waals surface area contributed by atoms with E-state index in [0.29, 0.717) is 17.8 Å². The van der Waals surface area contributed by atoms with E-state index in [1.807, 2.05) is 4.57 Å². The summed E-state index contributed by atoms with van der Waals surface area (Å²) in [5, 5.41) is 0. The largest absolute Gasteiger partial charge is 0.332 e. The predicted octanol–water partition coefficient (Wildman–Crippen LogP) is -0.971. The monoisotopic (exact) mass is 306 g/mol. The molecule has 0 amide bonds. The van der Waals surface area contributed by atoms with Gasteiger partial charge in [0.15, 0.2) is 11.2 Å². The number of hydrogen-bond donors (Lipinski definition) is 0. The van der Waals surface area contributed by atoms with E-state index in [1.165, 1.54) is 11.6 Å². The summed E-state index contributed by atoms with van der Waals surface area (Å²) in [7, 11) is 3.14. The van der Waals surface area contributed by atoms with Crippen LogP contribution in [0.25, 0.3) is 11.2 Å². The summed E-state index contributed by atoms with van der Waals surface area (Å²) in [6, 6.07) is 0. The topological polar surface area (TPSA) is 68.3 Å². The maximum Gasteiger partial charge on any atom is 0.332 e. The molecular formula is C14H22N6O2. The fraction of sp³-hybridized carbons (Fsp3) is 0.643. The summed E-state index contributed by atoms with van der Waals surface area (Å²) in [6.45, 7) is 7.90. The van der Waals surface area contributed by atoms with Gasteiger partial charge in [0.05, 0.1) is 13.0 Å². The Morgan fingerprint density at radius 3 is 2.32 bits per heavy atom. The Morgan fingerprint density at radius 1 is 1.05 bits per heavy atom. The first-order valence-corrected chi connectivity index (χ1v) is 7.58. The molecule has 3 heterocycles. The van der Waals surface area contributed by atoms with Crippen LogP contribution in [0.15, 0.2) is 15.9 Å². The van der Waals surface area contributed by atoms with Gasteiger partial charge in [-0.15, -0.1) is 0 Å². The zero-order chi connectivity index (χ0) is 15.9. The van der Waals surface area contributed by atoms with Crippen LogP contribution in [0.1, 0.15) is 6.92 Å². The molecule has 22 heavy (non-hydrogen) atoms. The first kappa shape index (κ1) is 15.0. The first-order valence-electron chi connectivity index (χ1n) is 7.58. The van der Waals surface area contributed by atoms with Gasteiger partial charge >= 0.3 is 5.69 Å². The number of aryl methyl sites for hydroxylation is 1. The molecule has 2 aromatic rings. The Labute approximate surface area is 128 Å². The van der Waals surface area contributed by atoms with Crippen LogP contribution < -0.4 is 11.2 Å². The van der Waals surface area contributed by atoms with Crippen molar-refractivity contribution in [3.05, 3.63) is 27.2 Å². The molecule has 3 rings (SSSR count). The Balaban J connectivity index is 1.93. The van der Waals surface area contributed by atoms with E-state index in [-0.39, 0.29) is 11.2 Å². The minimum absolute atomic E-state index is 0.289. The molecule has 8 nitrogen and oxygen atoms in total. The minimum Gasteiger partial charge on any atom is -0.311 e. The van der Waals surface area contributed by atoms with Crippen LogP contribution in [0.4, 0.5) is 0 Å². The fourth-order valence-electron chi connectivity index (χ4n) is 2.97. The number of rotatable bonds is 3. The predicted molar refractivity (Wildman–Crippen MR) is 83.9 cm³/mol. The van der Waals surface area contributed by atoms with Crippen LogP contribution in [0.5, 0.6) is 0 Å². The summed E-state index contributed by atoms with van der Waals surface area (Å²) < 4.78 is 4.40. The van der Waals surface area contributed by atoms with Gasteiger partial charge in [0.25, 0.3) is 5.56 Å². The normalized spacial score (nSPS) is 17.4. The molecule has 0 atom stereocenters. The maximum absolute atomic E-state index is 12.4. The molecule has 0 aliphatic carbocycles. The van der Waals surface area contributed by atoms with Gasteiger partial charge in [-0.3, -0.25) is 18.8 Å². The van der Waals surface area contributed by atoms with Gasteiger partial charge in [-0.25, -0.2) is 9.78 Å². The zero-order valence-electron chi connectivity index (χ0n) is 13.3. The van der Waals surface area contributed by atoms with Crippen LogP contribution in [0.2, 0.25) is 0 Å². The lowest BCUT2D eigenvalue weighted by Crippen LogP contribution is -2.46. The number of fused-ring (bicyclic) bond motifs is 1. The lowest BCUT2D eigenvalue weighted by molar-refractivity contribution is 0.112. The molecular weight excluding hydrogens is 284 g/mol. The van der Waals surface area contributed by atoms with Crippen molar-refractivity contribution in [3.63, 3.8) is 0 Å². The van der Waals surface area contributed by atoms with Crippen molar-refractivity contribution >= 4 is 11.2 Å². The van der Waals surface area contributed by atoms with E-state index in [9.17, 15) is 9.59 Å². The van der Waals surface area contributed by atoms with Crippen molar-refractivity contribution in [1.82, 2.24) is 28.5 Å². The highest BCUT2D eigenvalue weighted by Crippen LogP contribution is 2.09. The van der Waals surface area contributed by atoms with E-state index in [4.69, 9.17) is 0 Å². The number of piperazine rings is 1. The Hall–Kier alpha value is -1.93. The molecule has 1 aliphatic rings. The number of nitrogens with zero attached hydrogens (tertiary/aromatic N) is 6. The van der Waals surface area contributed by atoms with Crippen LogP contribution in [0, 0.1) is 0 Å². The number of hydrogen-bond acceptors (Lipinski definition) is 5. The molecule has 0 radical (unpaired) electrons. The third-order valence-corrected chi connectivity index (χ3v) is 4.48. The van der Waals surface area contributed by atoms with Gasteiger partial charge in [0.1, 0.15) is 0 Å². The third-order valence-electron chi connectivity index (χ3n) is 4.48. The summed E-state index contributed by atoms with van der Waals surface area (Å²) in [5.74, 6) is 0. The third kappa shape index (κ3) is 2.38. The number of aromatic nitrogens is 4. The van der Waals surface area contributed by atoms with Crippen molar-refractivity contribution in [2.75, 3.05) is 32.7 Å². The van der Waals surface area contributed by atoms with Crippen molar-refractivity contribution in [3.8, 4) is 0 Å². The highest BCUT2D eigenvalue weighted by molar-refractivity contribution is 5.69. The Morgan fingerprint density at radius 2 is 1.68 bits per heavy atom. The second-order valence-corrected chi connectivity index (χ2v) is 5.79. The lowest BCUT2D eigenvalue weighted by Gasteiger charge is -2.34. The second-order valence-electron chi connectivity index (χ2n) is 5.79. The molecule has 0 aromatic carbocycles. The number of likely N-dealkylation sites (N-methyl/N-ethyl adjacent to an activating group) is 1. The molecule has 0 unspecified atom stereocenters. The Kier molecular flexibility index (Phi) is 3.88. The van der Waals surface area contributed by atoms with Crippen LogP contribution in [-0.2, 0) is 20.8 Å². The van der Waals surface area contributed by atoms with E-state index in [0.717, 1.165) is 37.3 Å². The highest BCUT2D eigenvalue weighted by atomic mass is 16.2. The van der Waals surface area contributed by atoms with Crippen LogP contribution in [-0.4, -0.2) is 61.2 Å². The van der Waals surface area contributed by atoms with E-state index in [1.54, 1.807) is 13.4 Å². The average Bonchev–Trinajstić information content (AvgIpc) is 2.95. The average molecular weight is 306 g/mol. The van der Waals surface area contributed by atoms with Gasteiger partial charge in [-0.2, -0.15) is 0 Å². The van der Waals surface area contributed by atoms with Crippen molar-refractivity contribution in [2.45, 2.75) is 13.6 Å². The highest BCUT2D eigenvalue weighted by Gasteiger charge is 2.19. The molecule has 1 aliphatic heterocycles. The molecule has 1 fully saturated rings. The van der Waals surface area contributed by atoms with Crippen molar-refractivity contribution in [1.29, 1.82) is 0 Å². The number of imidazole rings is 1. The van der Waals surface area contributed by atoms with Crippen LogP contribution >= 0.6 is 0 Å². The maximum atomic E-state index is 12.4. The second kappa shape index (κ2) is 5.69. The molecule has 8 heteroatoms. The first-order chi connectivity index (χ1) is 10.5. The zero-order valence-corrected chi connectivity index (χ0v) is 13.3. The SMILES string of the molecule is CCN1CCN(Cn2cnc3c2c(=O)n(C)c(=O)n3C)CC1. The van der Waals surface area contributed by atoms with Gasteiger partial charge < -0.3 is 9.47 Å². The fourth-order valence-corrected chi connectivity index (χ4v) is 2.97. The van der Waals surface area contributed by atoms with Gasteiger partial charge in [-0.05, 0) is 6.54 Å². The van der Waals surface area contributed by atoms with Crippen molar-refractivity contribution in [2.24, 2.45) is 14.1 Å². The summed E-state index contributed by atoms with van der Waals surface area (Å²) in [6.07, 6.45) is 1.65.